The molecule has 1 aliphatic rings. The molecule has 0 spiro atoms. The van der Waals surface area contributed by atoms with Crippen LogP contribution in [0.3, 0.4) is 0 Å². The van der Waals surface area contributed by atoms with Crippen molar-refractivity contribution < 1.29 is 13.2 Å². The maximum Gasteiger partial charge on any atom is 0.441 e. The number of thioether (sulfide) groups is 2. The molecule has 0 amide bonds. The minimum Gasteiger partial charge on any atom is -0.312 e. The first-order valence-electron chi connectivity index (χ1n) is 5.30. The number of halogens is 3. The zero-order valence-corrected chi connectivity index (χ0v) is 11.2. The summed E-state index contributed by atoms with van der Waals surface area (Å²) in [6, 6.07) is 0.364. The molecular weight excluding hydrogens is 255 g/mol. The SMILES string of the molecule is CC1(C)CSCC(NCCSC(F)(F)F)C1. The van der Waals surface area contributed by atoms with Crippen molar-refractivity contribution >= 4 is 23.5 Å². The largest absolute Gasteiger partial charge is 0.441 e. The van der Waals surface area contributed by atoms with Gasteiger partial charge >= 0.3 is 5.51 Å². The highest BCUT2D eigenvalue weighted by Gasteiger charge is 2.29. The van der Waals surface area contributed by atoms with Gasteiger partial charge in [-0.25, -0.2) is 0 Å². The summed E-state index contributed by atoms with van der Waals surface area (Å²) in [5.41, 5.74) is -3.79. The molecule has 96 valence electrons. The van der Waals surface area contributed by atoms with E-state index in [1.165, 1.54) is 0 Å². The Labute approximate surface area is 103 Å². The highest BCUT2D eigenvalue weighted by Crippen LogP contribution is 2.33. The van der Waals surface area contributed by atoms with Crippen LogP contribution in [0.2, 0.25) is 0 Å². The van der Waals surface area contributed by atoms with Crippen molar-refractivity contribution in [2.45, 2.75) is 31.8 Å². The number of hydrogen-bond donors (Lipinski definition) is 1. The molecule has 6 heteroatoms. The fourth-order valence-electron chi connectivity index (χ4n) is 1.82. The van der Waals surface area contributed by atoms with Gasteiger partial charge in [-0.1, -0.05) is 13.8 Å². The van der Waals surface area contributed by atoms with Crippen molar-refractivity contribution in [2.24, 2.45) is 5.41 Å². The Morgan fingerprint density at radius 2 is 2.12 bits per heavy atom. The van der Waals surface area contributed by atoms with Crippen molar-refractivity contribution in [1.82, 2.24) is 5.32 Å². The van der Waals surface area contributed by atoms with Gasteiger partial charge in [-0.15, -0.1) is 0 Å². The Kier molecular flexibility index (Phi) is 5.32. The van der Waals surface area contributed by atoms with Gasteiger partial charge < -0.3 is 5.32 Å². The Balaban J connectivity index is 2.13. The molecule has 0 aromatic rings. The van der Waals surface area contributed by atoms with E-state index in [0.29, 0.717) is 18.0 Å². The first kappa shape index (κ1) is 14.5. The van der Waals surface area contributed by atoms with Crippen LogP contribution in [-0.4, -0.2) is 35.4 Å². The molecule has 1 aliphatic heterocycles. The molecule has 1 rings (SSSR count). The van der Waals surface area contributed by atoms with E-state index in [2.05, 4.69) is 19.2 Å². The van der Waals surface area contributed by atoms with E-state index in [4.69, 9.17) is 0 Å². The van der Waals surface area contributed by atoms with E-state index in [1.807, 2.05) is 11.8 Å². The molecule has 0 radical (unpaired) electrons. The Morgan fingerprint density at radius 3 is 2.69 bits per heavy atom. The van der Waals surface area contributed by atoms with Crippen LogP contribution in [0.4, 0.5) is 13.2 Å². The lowest BCUT2D eigenvalue weighted by Gasteiger charge is -2.35. The van der Waals surface area contributed by atoms with Crippen LogP contribution in [0.15, 0.2) is 0 Å². The smallest absolute Gasteiger partial charge is 0.312 e. The predicted octanol–water partition coefficient (Wildman–Crippen LogP) is 3.36. The molecule has 0 aliphatic carbocycles. The summed E-state index contributed by atoms with van der Waals surface area (Å²) in [4.78, 5) is 0. The van der Waals surface area contributed by atoms with Gasteiger partial charge in [0.25, 0.3) is 0 Å². The molecule has 1 atom stereocenters. The third-order valence-corrected chi connectivity index (χ3v) is 4.77. The maximum atomic E-state index is 11.9. The first-order valence-corrected chi connectivity index (χ1v) is 7.44. The van der Waals surface area contributed by atoms with E-state index < -0.39 is 5.51 Å². The van der Waals surface area contributed by atoms with Crippen molar-refractivity contribution in [2.75, 3.05) is 23.8 Å². The second-order valence-corrected chi connectivity index (χ2v) is 7.02. The van der Waals surface area contributed by atoms with Crippen molar-refractivity contribution in [3.05, 3.63) is 0 Å². The van der Waals surface area contributed by atoms with Gasteiger partial charge in [0.15, 0.2) is 0 Å². The quantitative estimate of drug-likeness (QED) is 0.789. The molecular formula is C10H18F3NS2. The monoisotopic (exact) mass is 273 g/mol. The first-order chi connectivity index (χ1) is 7.29. The van der Waals surface area contributed by atoms with Gasteiger partial charge in [0.05, 0.1) is 0 Å². The molecule has 1 saturated heterocycles. The average Bonchev–Trinajstić information content (AvgIpc) is 2.09. The summed E-state index contributed by atoms with van der Waals surface area (Å²) >= 11 is 1.93. The minimum absolute atomic E-state index is 0.0527. The molecule has 0 aromatic carbocycles. The number of hydrogen-bond acceptors (Lipinski definition) is 3. The van der Waals surface area contributed by atoms with Crippen LogP contribution < -0.4 is 5.32 Å². The molecule has 1 unspecified atom stereocenters. The number of alkyl halides is 3. The van der Waals surface area contributed by atoms with Crippen LogP contribution in [0.1, 0.15) is 20.3 Å². The van der Waals surface area contributed by atoms with Crippen molar-refractivity contribution in [1.29, 1.82) is 0 Å². The lowest BCUT2D eigenvalue weighted by molar-refractivity contribution is -0.0327. The van der Waals surface area contributed by atoms with Gasteiger partial charge in [0.2, 0.25) is 0 Å². The fraction of sp³-hybridized carbons (Fsp3) is 1.00. The van der Waals surface area contributed by atoms with Crippen LogP contribution in [0.5, 0.6) is 0 Å². The molecule has 1 nitrogen and oxygen atoms in total. The predicted molar refractivity (Wildman–Crippen MR) is 66.0 cm³/mol. The number of rotatable bonds is 4. The topological polar surface area (TPSA) is 12.0 Å². The Morgan fingerprint density at radius 1 is 1.44 bits per heavy atom. The Hall–Kier alpha value is 0.450. The Bertz CT molecular complexity index is 219. The standard InChI is InChI=1S/C10H18F3NS2/c1-9(2)5-8(6-15-7-9)14-3-4-16-10(11,12)13/h8,14H,3-7H2,1-2H3. The van der Waals surface area contributed by atoms with E-state index >= 15 is 0 Å². The van der Waals surface area contributed by atoms with Gasteiger partial charge in [-0.2, -0.15) is 24.9 Å². The zero-order chi connectivity index (χ0) is 12.2. The summed E-state index contributed by atoms with van der Waals surface area (Å²) in [6.45, 7) is 4.85. The van der Waals surface area contributed by atoms with Crippen molar-refractivity contribution in [3.63, 3.8) is 0 Å². The van der Waals surface area contributed by atoms with Gasteiger partial charge in [-0.05, 0) is 29.4 Å². The molecule has 1 N–H and O–H groups in total. The molecule has 16 heavy (non-hydrogen) atoms. The van der Waals surface area contributed by atoms with E-state index in [-0.39, 0.29) is 17.5 Å². The summed E-state index contributed by atoms with van der Waals surface area (Å²) in [7, 11) is 0. The average molecular weight is 273 g/mol. The van der Waals surface area contributed by atoms with Crippen LogP contribution >= 0.6 is 23.5 Å². The molecule has 1 fully saturated rings. The molecule has 0 saturated carbocycles. The molecule has 0 aromatic heterocycles. The lowest BCUT2D eigenvalue weighted by atomic mass is 9.88. The second-order valence-electron chi connectivity index (χ2n) is 4.83. The van der Waals surface area contributed by atoms with Gasteiger partial charge in [0, 0.05) is 24.1 Å². The molecule has 0 bridgehead atoms. The van der Waals surface area contributed by atoms with Crippen LogP contribution in [-0.2, 0) is 0 Å². The highest BCUT2D eigenvalue weighted by molar-refractivity contribution is 8.00. The van der Waals surface area contributed by atoms with Crippen LogP contribution in [0.25, 0.3) is 0 Å². The van der Waals surface area contributed by atoms with E-state index in [0.717, 1.165) is 17.9 Å². The third kappa shape index (κ3) is 6.25. The fourth-order valence-corrected chi connectivity index (χ4v) is 3.58. The normalized spacial score (nSPS) is 25.7. The second kappa shape index (κ2) is 5.87. The molecule has 1 heterocycles. The highest BCUT2D eigenvalue weighted by atomic mass is 32.2. The summed E-state index contributed by atoms with van der Waals surface area (Å²) in [6.07, 6.45) is 1.05. The third-order valence-electron chi connectivity index (χ3n) is 2.41. The minimum atomic E-state index is -4.09. The van der Waals surface area contributed by atoms with Gasteiger partial charge in [0.1, 0.15) is 0 Å². The van der Waals surface area contributed by atoms with Crippen molar-refractivity contribution in [3.8, 4) is 0 Å². The van der Waals surface area contributed by atoms with Gasteiger partial charge in [-0.3, -0.25) is 0 Å². The maximum absolute atomic E-state index is 11.9. The van der Waals surface area contributed by atoms with E-state index in [9.17, 15) is 13.2 Å². The summed E-state index contributed by atoms with van der Waals surface area (Å²) in [5, 5.41) is 3.21. The summed E-state index contributed by atoms with van der Waals surface area (Å²) < 4.78 is 35.6. The van der Waals surface area contributed by atoms with Crippen LogP contribution in [0, 0.1) is 5.41 Å². The summed E-state index contributed by atoms with van der Waals surface area (Å²) in [5.74, 6) is 2.26. The zero-order valence-electron chi connectivity index (χ0n) is 9.56. The van der Waals surface area contributed by atoms with E-state index in [1.54, 1.807) is 0 Å². The number of nitrogens with one attached hydrogen (secondary N) is 1. The lowest BCUT2D eigenvalue weighted by Crippen LogP contribution is -2.41.